The van der Waals surface area contributed by atoms with Crippen LogP contribution in [0.25, 0.3) is 0 Å². The van der Waals surface area contributed by atoms with E-state index in [1.165, 1.54) is 19.1 Å². The SMILES string of the molecule is Cc1c(N2C(=O)[C@@H]3[C@@H](C2=O)[C@]2(C(=O)Nc4c2ccc(Cl)c4C)N2CCC[C@@H]32)cccc1[N+](=O)[O-]. The molecule has 4 aliphatic rings. The van der Waals surface area contributed by atoms with Crippen molar-refractivity contribution in [3.8, 4) is 0 Å². The van der Waals surface area contributed by atoms with Crippen molar-refractivity contribution in [3.63, 3.8) is 0 Å². The lowest BCUT2D eigenvalue weighted by Crippen LogP contribution is -2.54. The van der Waals surface area contributed by atoms with E-state index >= 15 is 0 Å². The Hall–Kier alpha value is -3.30. The highest BCUT2D eigenvalue weighted by atomic mass is 35.5. The summed E-state index contributed by atoms with van der Waals surface area (Å²) >= 11 is 6.32. The lowest BCUT2D eigenvalue weighted by atomic mass is 9.75. The van der Waals surface area contributed by atoms with Crippen molar-refractivity contribution in [2.24, 2.45) is 11.8 Å². The molecule has 0 unspecified atom stereocenters. The number of nitro groups is 1. The molecular formula is C24H21ClN4O5. The second-order valence-corrected chi connectivity index (χ2v) is 9.82. The van der Waals surface area contributed by atoms with Crippen LogP contribution in [0.1, 0.15) is 29.5 Å². The summed E-state index contributed by atoms with van der Waals surface area (Å²) in [4.78, 5) is 55.6. The van der Waals surface area contributed by atoms with Crippen molar-refractivity contribution in [1.82, 2.24) is 4.90 Å². The Morgan fingerprint density at radius 3 is 2.62 bits per heavy atom. The maximum Gasteiger partial charge on any atom is 0.274 e. The van der Waals surface area contributed by atoms with Crippen molar-refractivity contribution < 1.29 is 19.3 Å². The lowest BCUT2D eigenvalue weighted by molar-refractivity contribution is -0.385. The number of hydrogen-bond donors (Lipinski definition) is 1. The number of carbonyl (C=O) groups excluding carboxylic acids is 3. The van der Waals surface area contributed by atoms with Gasteiger partial charge < -0.3 is 5.32 Å². The van der Waals surface area contributed by atoms with Crippen LogP contribution in [0.5, 0.6) is 0 Å². The summed E-state index contributed by atoms with van der Waals surface area (Å²) < 4.78 is 0. The number of nitrogens with zero attached hydrogens (tertiary/aromatic N) is 3. The number of benzene rings is 2. The summed E-state index contributed by atoms with van der Waals surface area (Å²) in [7, 11) is 0. The molecular weight excluding hydrogens is 460 g/mol. The second kappa shape index (κ2) is 6.86. The Bertz CT molecular complexity index is 1340. The molecule has 3 amide bonds. The van der Waals surface area contributed by atoms with Crippen LogP contribution in [-0.2, 0) is 19.9 Å². The molecule has 34 heavy (non-hydrogen) atoms. The standard InChI is InChI=1S/C24H21ClN4O5/c1-11-14(25)9-8-13-20(11)26-23(32)24(13)19-18(17-7-4-10-27(17)24)21(30)28(22(19)31)15-5-3-6-16(12(15)2)29(33)34/h3,5-6,8-9,17-19H,4,7,10H2,1-2H3,(H,26,32)/t17-,18-,19-,24+/m0/s1. The van der Waals surface area contributed by atoms with Gasteiger partial charge in [0.2, 0.25) is 17.7 Å². The largest absolute Gasteiger partial charge is 0.324 e. The number of nitro benzene ring substituents is 1. The zero-order valence-electron chi connectivity index (χ0n) is 18.5. The first kappa shape index (κ1) is 21.2. The molecule has 2 aromatic rings. The Kier molecular flexibility index (Phi) is 4.29. The van der Waals surface area contributed by atoms with Gasteiger partial charge in [0.05, 0.1) is 33.7 Å². The fraction of sp³-hybridized carbons (Fsp3) is 0.375. The highest BCUT2D eigenvalue weighted by Gasteiger charge is 2.74. The van der Waals surface area contributed by atoms with E-state index in [0.717, 1.165) is 11.3 Å². The molecule has 4 atom stereocenters. The smallest absolute Gasteiger partial charge is 0.274 e. The van der Waals surface area contributed by atoms with Gasteiger partial charge in [0.15, 0.2) is 0 Å². The van der Waals surface area contributed by atoms with Crippen molar-refractivity contribution in [2.45, 2.75) is 38.3 Å². The van der Waals surface area contributed by atoms with Gasteiger partial charge in [-0.25, -0.2) is 4.90 Å². The first-order valence-corrected chi connectivity index (χ1v) is 11.6. The number of amides is 3. The fourth-order valence-corrected chi connectivity index (χ4v) is 6.84. The molecule has 10 heteroatoms. The van der Waals surface area contributed by atoms with Crippen molar-refractivity contribution >= 4 is 46.4 Å². The third kappa shape index (κ3) is 2.31. The predicted octanol–water partition coefficient (Wildman–Crippen LogP) is 3.30. The van der Waals surface area contributed by atoms with Gasteiger partial charge in [0.1, 0.15) is 5.54 Å². The zero-order valence-corrected chi connectivity index (χ0v) is 19.3. The topological polar surface area (TPSA) is 113 Å². The number of anilines is 2. The number of carbonyl (C=O) groups is 3. The molecule has 3 fully saturated rings. The summed E-state index contributed by atoms with van der Waals surface area (Å²) in [6, 6.07) is 7.59. The highest BCUT2D eigenvalue weighted by Crippen LogP contribution is 2.61. The number of nitrogens with one attached hydrogen (secondary N) is 1. The van der Waals surface area contributed by atoms with E-state index in [0.29, 0.717) is 34.8 Å². The minimum Gasteiger partial charge on any atom is -0.324 e. The monoisotopic (exact) mass is 480 g/mol. The summed E-state index contributed by atoms with van der Waals surface area (Å²) in [5.41, 5.74) is 0.932. The van der Waals surface area contributed by atoms with Crippen LogP contribution in [0.4, 0.5) is 17.1 Å². The summed E-state index contributed by atoms with van der Waals surface area (Å²) in [5, 5.41) is 14.9. The van der Waals surface area contributed by atoms with Crippen molar-refractivity contribution in [1.29, 1.82) is 0 Å². The Balaban J connectivity index is 1.56. The lowest BCUT2D eigenvalue weighted by Gasteiger charge is -2.36. The molecule has 3 saturated heterocycles. The minimum atomic E-state index is -1.31. The molecule has 4 heterocycles. The summed E-state index contributed by atoms with van der Waals surface area (Å²) in [5.74, 6) is -2.86. The van der Waals surface area contributed by atoms with Gasteiger partial charge >= 0.3 is 0 Å². The van der Waals surface area contributed by atoms with Crippen LogP contribution >= 0.6 is 11.6 Å². The van der Waals surface area contributed by atoms with E-state index in [4.69, 9.17) is 11.6 Å². The predicted molar refractivity (Wildman–Crippen MR) is 124 cm³/mol. The average Bonchev–Trinajstić information content (AvgIpc) is 3.50. The van der Waals surface area contributed by atoms with Gasteiger partial charge in [-0.2, -0.15) is 0 Å². The molecule has 0 aliphatic carbocycles. The fourth-order valence-electron chi connectivity index (χ4n) is 6.68. The minimum absolute atomic E-state index is 0.165. The van der Waals surface area contributed by atoms with Crippen LogP contribution in [0, 0.1) is 35.8 Å². The van der Waals surface area contributed by atoms with Gasteiger partial charge in [0, 0.05) is 22.7 Å². The first-order chi connectivity index (χ1) is 16.2. The number of halogens is 1. The molecule has 0 bridgehead atoms. The Morgan fingerprint density at radius 1 is 1.12 bits per heavy atom. The maximum atomic E-state index is 14.0. The zero-order chi connectivity index (χ0) is 24.1. The van der Waals surface area contributed by atoms with E-state index in [-0.39, 0.29) is 28.9 Å². The van der Waals surface area contributed by atoms with Crippen LogP contribution < -0.4 is 10.2 Å². The molecule has 9 nitrogen and oxygen atoms in total. The third-order valence-corrected chi connectivity index (χ3v) is 8.49. The summed E-state index contributed by atoms with van der Waals surface area (Å²) in [6.45, 7) is 3.94. The van der Waals surface area contributed by atoms with E-state index in [1.807, 2.05) is 11.8 Å². The van der Waals surface area contributed by atoms with Gasteiger partial charge in [-0.15, -0.1) is 0 Å². The third-order valence-electron chi connectivity index (χ3n) is 8.08. The summed E-state index contributed by atoms with van der Waals surface area (Å²) in [6.07, 6.45) is 1.50. The number of imide groups is 1. The maximum absolute atomic E-state index is 14.0. The molecule has 174 valence electrons. The first-order valence-electron chi connectivity index (χ1n) is 11.2. The molecule has 1 N–H and O–H groups in total. The van der Waals surface area contributed by atoms with Crippen LogP contribution in [0.15, 0.2) is 30.3 Å². The number of fused-ring (bicyclic) bond motifs is 7. The van der Waals surface area contributed by atoms with E-state index in [2.05, 4.69) is 5.32 Å². The molecule has 2 aromatic carbocycles. The molecule has 0 aromatic heterocycles. The Labute approximate surface area is 199 Å². The van der Waals surface area contributed by atoms with Gasteiger partial charge in [-0.05, 0) is 50.9 Å². The Morgan fingerprint density at radius 2 is 1.88 bits per heavy atom. The van der Waals surface area contributed by atoms with E-state index in [9.17, 15) is 24.5 Å². The molecule has 0 saturated carbocycles. The van der Waals surface area contributed by atoms with Crippen molar-refractivity contribution in [2.75, 3.05) is 16.8 Å². The molecule has 4 aliphatic heterocycles. The molecule has 6 rings (SSSR count). The quantitative estimate of drug-likeness (QED) is 0.401. The van der Waals surface area contributed by atoms with Crippen LogP contribution in [-0.4, -0.2) is 40.1 Å². The molecule has 1 spiro atoms. The number of hydrogen-bond acceptors (Lipinski definition) is 6. The van der Waals surface area contributed by atoms with E-state index < -0.39 is 34.1 Å². The average molecular weight is 481 g/mol. The van der Waals surface area contributed by atoms with Crippen LogP contribution in [0.2, 0.25) is 5.02 Å². The van der Waals surface area contributed by atoms with E-state index in [1.54, 1.807) is 18.2 Å². The second-order valence-electron chi connectivity index (χ2n) is 9.41. The van der Waals surface area contributed by atoms with Gasteiger partial charge in [-0.1, -0.05) is 23.7 Å². The normalized spacial score (nSPS) is 29.6. The van der Waals surface area contributed by atoms with Gasteiger partial charge in [-0.3, -0.25) is 29.4 Å². The van der Waals surface area contributed by atoms with Crippen LogP contribution in [0.3, 0.4) is 0 Å². The van der Waals surface area contributed by atoms with Crippen molar-refractivity contribution in [3.05, 3.63) is 62.2 Å². The number of rotatable bonds is 2. The molecule has 0 radical (unpaired) electrons. The highest BCUT2D eigenvalue weighted by molar-refractivity contribution is 6.32. The van der Waals surface area contributed by atoms with Gasteiger partial charge in [0.25, 0.3) is 5.69 Å².